The topological polar surface area (TPSA) is 83.3 Å². The van der Waals surface area contributed by atoms with E-state index in [0.717, 1.165) is 50.8 Å². The van der Waals surface area contributed by atoms with Crippen LogP contribution in [0.1, 0.15) is 48.0 Å². The molecule has 0 unspecified atom stereocenters. The Hall–Kier alpha value is -2.64. The van der Waals surface area contributed by atoms with E-state index in [1.807, 2.05) is 29.2 Å². The van der Waals surface area contributed by atoms with Crippen molar-refractivity contribution >= 4 is 18.3 Å². The maximum Gasteiger partial charge on any atom is 0.257 e. The van der Waals surface area contributed by atoms with Crippen LogP contribution in [0.15, 0.2) is 30.3 Å². The molecule has 0 spiro atoms. The molecule has 1 aliphatic rings. The molecule has 8 heteroatoms. The number of halogens is 1. The fourth-order valence-corrected chi connectivity index (χ4v) is 4.05. The summed E-state index contributed by atoms with van der Waals surface area (Å²) in [6.07, 6.45) is 6.31. The van der Waals surface area contributed by atoms with Crippen LogP contribution in [0.5, 0.6) is 28.7 Å². The molecule has 0 atom stereocenters. The van der Waals surface area contributed by atoms with Gasteiger partial charge in [-0.25, -0.2) is 0 Å². The number of nitrogens with zero attached hydrogens (tertiary/aromatic N) is 1. The molecule has 2 aromatic carbocycles. The van der Waals surface area contributed by atoms with Crippen molar-refractivity contribution in [2.45, 2.75) is 38.5 Å². The summed E-state index contributed by atoms with van der Waals surface area (Å²) in [5.74, 6) is 1.99. The van der Waals surface area contributed by atoms with Crippen molar-refractivity contribution < 1.29 is 23.7 Å². The summed E-state index contributed by atoms with van der Waals surface area (Å²) in [5.41, 5.74) is 7.17. The summed E-state index contributed by atoms with van der Waals surface area (Å²) >= 11 is 0. The third kappa shape index (κ3) is 6.45. The van der Waals surface area contributed by atoms with Crippen LogP contribution in [0.3, 0.4) is 0 Å². The van der Waals surface area contributed by atoms with E-state index in [1.54, 1.807) is 6.07 Å². The summed E-state index contributed by atoms with van der Waals surface area (Å²) < 4.78 is 22.9. The molecule has 3 rings (SSSR count). The van der Waals surface area contributed by atoms with Gasteiger partial charge in [0, 0.05) is 19.2 Å². The quantitative estimate of drug-likeness (QED) is 0.584. The number of likely N-dealkylation sites (tertiary alicyclic amines) is 1. The van der Waals surface area contributed by atoms with Gasteiger partial charge < -0.3 is 29.6 Å². The van der Waals surface area contributed by atoms with Gasteiger partial charge in [-0.15, -0.1) is 12.4 Å². The Labute approximate surface area is 202 Å². The number of hydrogen-bond donors (Lipinski definition) is 1. The standard InChI is InChI=1S/C25H34N2O5.ClH/c1-29-22-20(25(28)27-15-7-5-4-6-8-16-27)17-21(23(30-2)24(22)31-3)32-19-11-9-18(10-12-19)13-14-26;/h9-12,17H,4-8,13-16,26H2,1-3H3;1H. The summed E-state index contributed by atoms with van der Waals surface area (Å²) in [4.78, 5) is 15.4. The first-order valence-corrected chi connectivity index (χ1v) is 11.2. The molecule has 1 amide bonds. The maximum absolute atomic E-state index is 13.5. The van der Waals surface area contributed by atoms with Gasteiger partial charge in [-0.1, -0.05) is 31.4 Å². The Morgan fingerprint density at radius 1 is 0.879 bits per heavy atom. The van der Waals surface area contributed by atoms with E-state index in [1.165, 1.54) is 27.8 Å². The van der Waals surface area contributed by atoms with Gasteiger partial charge >= 0.3 is 0 Å². The zero-order chi connectivity index (χ0) is 22.9. The molecule has 2 aromatic rings. The minimum atomic E-state index is -0.0900. The lowest BCUT2D eigenvalue weighted by atomic mass is 10.1. The highest BCUT2D eigenvalue weighted by molar-refractivity contribution is 5.99. The minimum absolute atomic E-state index is 0. The molecule has 182 valence electrons. The Morgan fingerprint density at radius 3 is 2.00 bits per heavy atom. The molecular formula is C25H35ClN2O5. The number of ether oxygens (including phenoxy) is 4. The largest absolute Gasteiger partial charge is 0.492 e. The molecule has 0 bridgehead atoms. The van der Waals surface area contributed by atoms with Crippen molar-refractivity contribution in [3.05, 3.63) is 41.5 Å². The van der Waals surface area contributed by atoms with Crippen LogP contribution in [-0.4, -0.2) is 51.8 Å². The average Bonchev–Trinajstić information content (AvgIpc) is 2.79. The van der Waals surface area contributed by atoms with Gasteiger partial charge in [-0.3, -0.25) is 4.79 Å². The first-order chi connectivity index (χ1) is 15.6. The van der Waals surface area contributed by atoms with Crippen LogP contribution < -0.4 is 24.7 Å². The van der Waals surface area contributed by atoms with Gasteiger partial charge in [0.05, 0.1) is 26.9 Å². The monoisotopic (exact) mass is 478 g/mol. The first-order valence-electron chi connectivity index (χ1n) is 11.2. The normalized spacial score (nSPS) is 13.9. The fraction of sp³-hybridized carbons (Fsp3) is 0.480. The summed E-state index contributed by atoms with van der Waals surface area (Å²) in [6, 6.07) is 9.39. The number of hydrogen-bond acceptors (Lipinski definition) is 6. The third-order valence-corrected chi connectivity index (χ3v) is 5.73. The fourth-order valence-electron chi connectivity index (χ4n) is 4.05. The molecule has 0 saturated carbocycles. The lowest BCUT2D eigenvalue weighted by Crippen LogP contribution is -2.34. The number of carbonyl (C=O) groups is 1. The Balaban J connectivity index is 0.00000385. The molecular weight excluding hydrogens is 444 g/mol. The Bertz CT molecular complexity index is 897. The Morgan fingerprint density at radius 2 is 1.45 bits per heavy atom. The number of amides is 1. The molecule has 0 radical (unpaired) electrons. The second-order valence-electron chi connectivity index (χ2n) is 7.87. The predicted octanol–water partition coefficient (Wildman–Crippen LogP) is 4.83. The Kier molecular flexibility index (Phi) is 10.6. The molecule has 1 aliphatic heterocycles. The highest BCUT2D eigenvalue weighted by atomic mass is 35.5. The molecule has 7 nitrogen and oxygen atoms in total. The highest BCUT2D eigenvalue weighted by Gasteiger charge is 2.28. The van der Waals surface area contributed by atoms with Gasteiger partial charge in [0.15, 0.2) is 11.5 Å². The van der Waals surface area contributed by atoms with Crippen molar-refractivity contribution in [3.8, 4) is 28.7 Å². The van der Waals surface area contributed by atoms with E-state index in [0.29, 0.717) is 40.9 Å². The van der Waals surface area contributed by atoms with Gasteiger partial charge in [-0.2, -0.15) is 0 Å². The predicted molar refractivity (Wildman–Crippen MR) is 132 cm³/mol. The zero-order valence-electron chi connectivity index (χ0n) is 19.7. The molecule has 1 heterocycles. The van der Waals surface area contributed by atoms with Crippen molar-refractivity contribution in [3.63, 3.8) is 0 Å². The smallest absolute Gasteiger partial charge is 0.257 e. The SMILES string of the molecule is COc1c(Oc2ccc(CCN)cc2)cc(C(=O)N2CCCCCCC2)c(OC)c1OC.Cl. The highest BCUT2D eigenvalue weighted by Crippen LogP contribution is 2.48. The number of nitrogens with two attached hydrogens (primary N) is 1. The first kappa shape index (κ1) is 26.6. The molecule has 1 fully saturated rings. The lowest BCUT2D eigenvalue weighted by Gasteiger charge is -2.26. The average molecular weight is 479 g/mol. The number of carbonyl (C=O) groups excluding carboxylic acids is 1. The number of rotatable bonds is 8. The van der Waals surface area contributed by atoms with Crippen LogP contribution in [0, 0.1) is 0 Å². The summed E-state index contributed by atoms with van der Waals surface area (Å²) in [7, 11) is 4.59. The zero-order valence-corrected chi connectivity index (χ0v) is 20.5. The third-order valence-electron chi connectivity index (χ3n) is 5.73. The van der Waals surface area contributed by atoms with Crippen molar-refractivity contribution in [1.82, 2.24) is 4.90 Å². The van der Waals surface area contributed by atoms with E-state index >= 15 is 0 Å². The van der Waals surface area contributed by atoms with Gasteiger partial charge in [0.25, 0.3) is 5.91 Å². The van der Waals surface area contributed by atoms with Crippen molar-refractivity contribution in [1.29, 1.82) is 0 Å². The lowest BCUT2D eigenvalue weighted by molar-refractivity contribution is 0.0737. The van der Waals surface area contributed by atoms with E-state index in [4.69, 9.17) is 24.7 Å². The van der Waals surface area contributed by atoms with Crippen LogP contribution in [0.25, 0.3) is 0 Å². The summed E-state index contributed by atoms with van der Waals surface area (Å²) in [6.45, 7) is 2.05. The van der Waals surface area contributed by atoms with Gasteiger partial charge in [0.2, 0.25) is 11.5 Å². The number of methoxy groups -OCH3 is 3. The van der Waals surface area contributed by atoms with E-state index < -0.39 is 0 Å². The van der Waals surface area contributed by atoms with Crippen molar-refractivity contribution in [2.24, 2.45) is 5.73 Å². The van der Waals surface area contributed by atoms with Crippen LogP contribution in [0.2, 0.25) is 0 Å². The van der Waals surface area contributed by atoms with Gasteiger partial charge in [0.1, 0.15) is 5.75 Å². The molecule has 0 aromatic heterocycles. The van der Waals surface area contributed by atoms with E-state index in [2.05, 4.69) is 0 Å². The minimum Gasteiger partial charge on any atom is -0.492 e. The molecule has 1 saturated heterocycles. The van der Waals surface area contributed by atoms with E-state index in [9.17, 15) is 4.79 Å². The molecule has 2 N–H and O–H groups in total. The maximum atomic E-state index is 13.5. The number of benzene rings is 2. The van der Waals surface area contributed by atoms with Crippen LogP contribution in [0.4, 0.5) is 0 Å². The van der Waals surface area contributed by atoms with E-state index in [-0.39, 0.29) is 18.3 Å². The van der Waals surface area contributed by atoms with Crippen molar-refractivity contribution in [2.75, 3.05) is 41.0 Å². The van der Waals surface area contributed by atoms with Crippen LogP contribution in [-0.2, 0) is 6.42 Å². The second-order valence-corrected chi connectivity index (χ2v) is 7.87. The summed E-state index contributed by atoms with van der Waals surface area (Å²) in [5, 5.41) is 0. The van der Waals surface area contributed by atoms with Gasteiger partial charge in [-0.05, 0) is 43.5 Å². The molecule has 33 heavy (non-hydrogen) atoms. The van der Waals surface area contributed by atoms with Crippen LogP contribution >= 0.6 is 12.4 Å². The second kappa shape index (κ2) is 13.2. The molecule has 0 aliphatic carbocycles.